The van der Waals surface area contributed by atoms with Crippen molar-refractivity contribution in [3.05, 3.63) is 82.9 Å². The second kappa shape index (κ2) is 11.3. The number of sulfonamides is 1. The van der Waals surface area contributed by atoms with Crippen molar-refractivity contribution < 1.29 is 22.7 Å². The van der Waals surface area contributed by atoms with Crippen LogP contribution in [0.4, 0.5) is 5.69 Å². The molecule has 0 aromatic heterocycles. The van der Waals surface area contributed by atoms with Crippen LogP contribution in [0.25, 0.3) is 0 Å². The van der Waals surface area contributed by atoms with Gasteiger partial charge in [-0.2, -0.15) is 0 Å². The van der Waals surface area contributed by atoms with E-state index in [-0.39, 0.29) is 16.8 Å². The highest BCUT2D eigenvalue weighted by Gasteiger charge is 2.24. The number of nitrogens with zero attached hydrogens (tertiary/aromatic N) is 1. The number of rotatable bonds is 9. The molecule has 1 aliphatic rings. The summed E-state index contributed by atoms with van der Waals surface area (Å²) in [6.07, 6.45) is 5.44. The summed E-state index contributed by atoms with van der Waals surface area (Å²) in [6.45, 7) is 2.06. The average molecular weight is 523 g/mol. The molecule has 7 nitrogen and oxygen atoms in total. The van der Waals surface area contributed by atoms with Crippen LogP contribution in [-0.2, 0) is 22.9 Å². The molecule has 0 spiro atoms. The quantitative estimate of drug-likeness (QED) is 0.413. The Morgan fingerprint density at radius 1 is 0.919 bits per heavy atom. The number of aryl methyl sites for hydroxylation is 2. The molecule has 0 radical (unpaired) electrons. The highest BCUT2D eigenvalue weighted by Crippen LogP contribution is 2.32. The molecule has 1 N–H and O–H groups in total. The summed E-state index contributed by atoms with van der Waals surface area (Å²) >= 11 is 0. The Morgan fingerprint density at radius 3 is 2.24 bits per heavy atom. The molecule has 1 atom stereocenters. The van der Waals surface area contributed by atoms with Crippen molar-refractivity contribution in [3.8, 4) is 11.5 Å². The first kappa shape index (κ1) is 26.5. The average Bonchev–Trinajstić information content (AvgIpc) is 2.94. The lowest BCUT2D eigenvalue weighted by molar-refractivity contribution is 0.0935. The summed E-state index contributed by atoms with van der Waals surface area (Å²) in [5.41, 5.74) is 4.83. The third-order valence-electron chi connectivity index (χ3n) is 6.99. The molecule has 0 bridgehead atoms. The van der Waals surface area contributed by atoms with Gasteiger partial charge >= 0.3 is 0 Å². The minimum Gasteiger partial charge on any atom is -0.493 e. The van der Waals surface area contributed by atoms with Gasteiger partial charge < -0.3 is 14.8 Å². The molecule has 0 saturated heterocycles. The first-order chi connectivity index (χ1) is 17.8. The predicted octanol–water partition coefficient (Wildman–Crippen LogP) is 5.29. The molecule has 1 aliphatic carbocycles. The highest BCUT2D eigenvalue weighted by molar-refractivity contribution is 7.92. The number of fused-ring (bicyclic) bond motifs is 1. The molecule has 4 rings (SSSR count). The number of hydrogen-bond donors (Lipinski definition) is 1. The first-order valence-electron chi connectivity index (χ1n) is 12.5. The summed E-state index contributed by atoms with van der Waals surface area (Å²) in [5, 5.41) is 3.14. The zero-order valence-corrected chi connectivity index (χ0v) is 22.6. The Hall–Kier alpha value is -3.52. The Labute approximate surface area is 219 Å². The van der Waals surface area contributed by atoms with E-state index in [1.165, 1.54) is 61.7 Å². The first-order valence-corrected chi connectivity index (χ1v) is 14.0. The number of ether oxygens (including phenoxy) is 2. The monoisotopic (exact) mass is 522 g/mol. The zero-order valence-electron chi connectivity index (χ0n) is 21.8. The van der Waals surface area contributed by atoms with Gasteiger partial charge in [-0.15, -0.1) is 0 Å². The second-order valence-electron chi connectivity index (χ2n) is 9.21. The normalized spacial score (nSPS) is 13.8. The van der Waals surface area contributed by atoms with Crippen molar-refractivity contribution in [2.75, 3.05) is 25.6 Å². The maximum Gasteiger partial charge on any atom is 0.264 e. The molecule has 0 unspecified atom stereocenters. The van der Waals surface area contributed by atoms with Gasteiger partial charge in [-0.3, -0.25) is 9.10 Å². The molecule has 0 saturated carbocycles. The van der Waals surface area contributed by atoms with Crippen LogP contribution >= 0.6 is 0 Å². The van der Waals surface area contributed by atoms with E-state index in [9.17, 15) is 13.2 Å². The van der Waals surface area contributed by atoms with E-state index < -0.39 is 10.0 Å². The van der Waals surface area contributed by atoms with Crippen molar-refractivity contribution in [2.45, 2.75) is 50.0 Å². The number of carbonyl (C=O) groups is 1. The lowest BCUT2D eigenvalue weighted by atomic mass is 9.88. The van der Waals surface area contributed by atoms with Gasteiger partial charge in [-0.25, -0.2) is 8.42 Å². The van der Waals surface area contributed by atoms with Crippen LogP contribution in [0, 0.1) is 0 Å². The van der Waals surface area contributed by atoms with Crippen LogP contribution < -0.4 is 19.1 Å². The van der Waals surface area contributed by atoms with E-state index in [1.54, 1.807) is 30.3 Å². The number of anilines is 1. The van der Waals surface area contributed by atoms with Crippen LogP contribution in [-0.4, -0.2) is 35.6 Å². The van der Waals surface area contributed by atoms with Crippen molar-refractivity contribution >= 4 is 21.6 Å². The van der Waals surface area contributed by atoms with Crippen molar-refractivity contribution in [1.29, 1.82) is 0 Å². The SMILES string of the molecule is CC[C@@H](NC(=O)c1ccc(N(C)S(=O)(=O)c2ccc(OC)c(OC)c2)cc1)c1ccc2c(c1)CCCC2. The lowest BCUT2D eigenvalue weighted by Gasteiger charge is -2.22. The fraction of sp³-hybridized carbons (Fsp3) is 0.345. The topological polar surface area (TPSA) is 84.9 Å². The van der Waals surface area contributed by atoms with Crippen LogP contribution in [0.2, 0.25) is 0 Å². The largest absolute Gasteiger partial charge is 0.493 e. The summed E-state index contributed by atoms with van der Waals surface area (Å²) < 4.78 is 38.1. The Morgan fingerprint density at radius 2 is 1.59 bits per heavy atom. The predicted molar refractivity (Wildman–Crippen MR) is 145 cm³/mol. The van der Waals surface area contributed by atoms with E-state index in [4.69, 9.17) is 9.47 Å². The Balaban J connectivity index is 1.49. The van der Waals surface area contributed by atoms with Crippen molar-refractivity contribution in [2.24, 2.45) is 0 Å². The molecule has 0 heterocycles. The molecule has 3 aromatic carbocycles. The van der Waals surface area contributed by atoms with E-state index in [0.717, 1.165) is 24.8 Å². The second-order valence-corrected chi connectivity index (χ2v) is 11.2. The van der Waals surface area contributed by atoms with Gasteiger partial charge in [-0.05, 0) is 85.2 Å². The van der Waals surface area contributed by atoms with Gasteiger partial charge in [-0.1, -0.05) is 25.1 Å². The van der Waals surface area contributed by atoms with E-state index in [0.29, 0.717) is 22.7 Å². The van der Waals surface area contributed by atoms with Gasteiger partial charge in [0, 0.05) is 18.7 Å². The molecule has 3 aromatic rings. The summed E-state index contributed by atoms with van der Waals surface area (Å²) in [7, 11) is 0.571. The minimum absolute atomic E-state index is 0.0744. The number of benzene rings is 3. The molecule has 8 heteroatoms. The third kappa shape index (κ3) is 5.59. The van der Waals surface area contributed by atoms with Gasteiger partial charge in [0.05, 0.1) is 30.8 Å². The molecule has 37 heavy (non-hydrogen) atoms. The van der Waals surface area contributed by atoms with Crippen molar-refractivity contribution in [3.63, 3.8) is 0 Å². The standard InChI is InChI=1S/C29H34N2O5S/c1-5-26(23-11-10-20-8-6-7-9-22(20)18-23)30-29(32)21-12-14-24(15-13-21)31(2)37(33,34)25-16-17-27(35-3)28(19-25)36-4/h10-19,26H,5-9H2,1-4H3,(H,30,32)/t26-/m1/s1. The molecular weight excluding hydrogens is 488 g/mol. The lowest BCUT2D eigenvalue weighted by Crippen LogP contribution is -2.29. The molecular formula is C29H34N2O5S. The van der Waals surface area contributed by atoms with Gasteiger partial charge in [0.1, 0.15) is 0 Å². The third-order valence-corrected chi connectivity index (χ3v) is 8.78. The number of amides is 1. The van der Waals surface area contributed by atoms with Crippen LogP contribution in [0.5, 0.6) is 11.5 Å². The Bertz CT molecular complexity index is 1370. The molecule has 0 fully saturated rings. The molecule has 196 valence electrons. The summed E-state index contributed by atoms with van der Waals surface area (Å²) in [5.74, 6) is 0.579. The van der Waals surface area contributed by atoms with Gasteiger partial charge in [0.2, 0.25) is 0 Å². The fourth-order valence-corrected chi connectivity index (χ4v) is 5.94. The summed E-state index contributed by atoms with van der Waals surface area (Å²) in [6, 6.07) is 17.5. The molecule has 0 aliphatic heterocycles. The molecule has 1 amide bonds. The Kier molecular flexibility index (Phi) is 8.07. The van der Waals surface area contributed by atoms with Crippen LogP contribution in [0.3, 0.4) is 0 Å². The maximum atomic E-state index is 13.2. The van der Waals surface area contributed by atoms with E-state index in [1.807, 2.05) is 0 Å². The maximum absolute atomic E-state index is 13.2. The number of carbonyl (C=O) groups excluding carboxylic acids is 1. The fourth-order valence-electron chi connectivity index (χ4n) is 4.73. The van der Waals surface area contributed by atoms with Crippen LogP contribution in [0.1, 0.15) is 59.3 Å². The summed E-state index contributed by atoms with van der Waals surface area (Å²) in [4.78, 5) is 13.1. The van der Waals surface area contributed by atoms with Crippen LogP contribution in [0.15, 0.2) is 65.6 Å². The van der Waals surface area contributed by atoms with E-state index >= 15 is 0 Å². The number of nitrogens with one attached hydrogen (secondary N) is 1. The van der Waals surface area contributed by atoms with Gasteiger partial charge in [0.25, 0.3) is 15.9 Å². The number of hydrogen-bond acceptors (Lipinski definition) is 5. The number of methoxy groups -OCH3 is 2. The smallest absolute Gasteiger partial charge is 0.264 e. The van der Waals surface area contributed by atoms with E-state index in [2.05, 4.69) is 30.4 Å². The zero-order chi connectivity index (χ0) is 26.6. The minimum atomic E-state index is -3.85. The van der Waals surface area contributed by atoms with Crippen molar-refractivity contribution in [1.82, 2.24) is 5.32 Å². The highest BCUT2D eigenvalue weighted by atomic mass is 32.2. The van der Waals surface area contributed by atoms with Gasteiger partial charge in [0.15, 0.2) is 11.5 Å².